The summed E-state index contributed by atoms with van der Waals surface area (Å²) in [4.78, 5) is 26.0. The summed E-state index contributed by atoms with van der Waals surface area (Å²) in [6.07, 6.45) is 1.43. The lowest BCUT2D eigenvalue weighted by Gasteiger charge is -2.02. The molecule has 16 heavy (non-hydrogen) atoms. The third-order valence-electron chi connectivity index (χ3n) is 2.32. The molecule has 0 radical (unpaired) electrons. The van der Waals surface area contributed by atoms with Crippen molar-refractivity contribution >= 4 is 17.4 Å². The highest BCUT2D eigenvalue weighted by Gasteiger charge is 2.14. The van der Waals surface area contributed by atoms with Gasteiger partial charge in [0, 0.05) is 12.3 Å². The first kappa shape index (κ1) is 10.3. The average molecular weight is 219 g/mol. The zero-order chi connectivity index (χ0) is 11.9. The van der Waals surface area contributed by atoms with Gasteiger partial charge in [-0.05, 0) is 13.8 Å². The molecule has 0 fully saturated rings. The molecule has 6 heteroatoms. The average Bonchev–Trinajstić information content (AvgIpc) is 2.62. The van der Waals surface area contributed by atoms with Gasteiger partial charge in [-0.25, -0.2) is 14.3 Å². The van der Waals surface area contributed by atoms with Gasteiger partial charge >= 0.3 is 5.97 Å². The number of aromatic carboxylic acids is 1. The molecule has 2 aromatic heterocycles. The number of nitrogens with zero attached hydrogens (tertiary/aromatic N) is 3. The zero-order valence-electron chi connectivity index (χ0n) is 8.76. The molecule has 2 rings (SSSR count). The Bertz CT molecular complexity index is 601. The molecule has 0 saturated carbocycles. The molecule has 2 heterocycles. The van der Waals surface area contributed by atoms with E-state index >= 15 is 0 Å². The van der Waals surface area contributed by atoms with Gasteiger partial charge in [0.05, 0.1) is 11.3 Å². The van der Waals surface area contributed by atoms with Crippen LogP contribution >= 0.6 is 0 Å². The molecule has 0 bridgehead atoms. The molecule has 0 unspecified atom stereocenters. The van der Waals surface area contributed by atoms with Gasteiger partial charge in [0.25, 0.3) is 0 Å². The van der Waals surface area contributed by atoms with Crippen molar-refractivity contribution in [1.29, 1.82) is 0 Å². The highest BCUT2D eigenvalue weighted by molar-refractivity contribution is 5.95. The van der Waals surface area contributed by atoms with Crippen molar-refractivity contribution in [2.24, 2.45) is 0 Å². The van der Waals surface area contributed by atoms with Crippen LogP contribution in [0.3, 0.4) is 0 Å². The maximum Gasteiger partial charge on any atom is 0.356 e. The summed E-state index contributed by atoms with van der Waals surface area (Å²) in [5, 5.41) is 12.6. The number of rotatable bonds is 2. The Morgan fingerprint density at radius 2 is 2.12 bits per heavy atom. The van der Waals surface area contributed by atoms with Gasteiger partial charge in [-0.15, -0.1) is 0 Å². The van der Waals surface area contributed by atoms with Crippen molar-refractivity contribution in [2.75, 3.05) is 0 Å². The second kappa shape index (κ2) is 3.41. The number of carbonyl (C=O) groups excluding carboxylic acids is 1. The first-order valence-electron chi connectivity index (χ1n) is 4.60. The predicted molar refractivity (Wildman–Crippen MR) is 54.7 cm³/mol. The van der Waals surface area contributed by atoms with Crippen LogP contribution in [0.1, 0.15) is 33.5 Å². The standard InChI is InChI=1S/C10H9N3O3/c1-5-7(6(2)14)4-11-9-3-8(10(15)16)12-13(5)9/h3-4H,1-2H3,(H,15,16). The summed E-state index contributed by atoms with van der Waals surface area (Å²) in [6.45, 7) is 3.13. The quantitative estimate of drug-likeness (QED) is 0.760. The van der Waals surface area contributed by atoms with E-state index < -0.39 is 5.97 Å². The van der Waals surface area contributed by atoms with Crippen molar-refractivity contribution in [3.05, 3.63) is 29.2 Å². The number of carboxylic acids is 1. The fourth-order valence-electron chi connectivity index (χ4n) is 1.50. The number of Topliss-reactive ketones (excluding diaryl/α,β-unsaturated/α-hetero) is 1. The number of aryl methyl sites for hydroxylation is 1. The monoisotopic (exact) mass is 219 g/mol. The van der Waals surface area contributed by atoms with Gasteiger partial charge in [0.15, 0.2) is 17.1 Å². The van der Waals surface area contributed by atoms with Gasteiger partial charge in [-0.2, -0.15) is 5.10 Å². The van der Waals surface area contributed by atoms with E-state index in [0.717, 1.165) is 0 Å². The van der Waals surface area contributed by atoms with E-state index in [4.69, 9.17) is 5.11 Å². The predicted octanol–water partition coefficient (Wildman–Crippen LogP) is 0.939. The SMILES string of the molecule is CC(=O)c1cnc2cc(C(=O)O)nn2c1C. The van der Waals surface area contributed by atoms with Crippen LogP contribution in [0.2, 0.25) is 0 Å². The molecule has 2 aromatic rings. The number of carboxylic acid groups (broad SMARTS) is 1. The van der Waals surface area contributed by atoms with Crippen LogP contribution < -0.4 is 0 Å². The van der Waals surface area contributed by atoms with Crippen LogP contribution in [-0.4, -0.2) is 31.5 Å². The molecule has 6 nitrogen and oxygen atoms in total. The van der Waals surface area contributed by atoms with Crippen LogP contribution in [0.4, 0.5) is 0 Å². The van der Waals surface area contributed by atoms with Gasteiger partial charge in [0.1, 0.15) is 0 Å². The molecule has 0 saturated heterocycles. The van der Waals surface area contributed by atoms with Gasteiger partial charge in [0.2, 0.25) is 0 Å². The molecule has 0 aromatic carbocycles. The molecular weight excluding hydrogens is 210 g/mol. The lowest BCUT2D eigenvalue weighted by atomic mass is 10.2. The van der Waals surface area contributed by atoms with Crippen LogP contribution in [0, 0.1) is 6.92 Å². The molecule has 82 valence electrons. The van der Waals surface area contributed by atoms with Crippen molar-refractivity contribution in [3.63, 3.8) is 0 Å². The molecule has 0 aliphatic rings. The molecule has 0 aliphatic carbocycles. The Morgan fingerprint density at radius 1 is 1.44 bits per heavy atom. The Labute approximate surface area is 90.5 Å². The second-order valence-electron chi connectivity index (χ2n) is 3.42. The molecular formula is C10H9N3O3. The van der Waals surface area contributed by atoms with E-state index in [-0.39, 0.29) is 11.5 Å². The van der Waals surface area contributed by atoms with Crippen LogP contribution in [0.5, 0.6) is 0 Å². The lowest BCUT2D eigenvalue weighted by molar-refractivity contribution is 0.0690. The minimum Gasteiger partial charge on any atom is -0.476 e. The van der Waals surface area contributed by atoms with Crippen molar-refractivity contribution in [1.82, 2.24) is 14.6 Å². The van der Waals surface area contributed by atoms with Crippen molar-refractivity contribution < 1.29 is 14.7 Å². The number of aromatic nitrogens is 3. The van der Waals surface area contributed by atoms with Crippen LogP contribution in [0.25, 0.3) is 5.65 Å². The fraction of sp³-hybridized carbons (Fsp3) is 0.200. The molecule has 0 atom stereocenters. The highest BCUT2D eigenvalue weighted by atomic mass is 16.4. The van der Waals surface area contributed by atoms with E-state index in [0.29, 0.717) is 16.9 Å². The summed E-state index contributed by atoms with van der Waals surface area (Å²) >= 11 is 0. The Balaban J connectivity index is 2.74. The van der Waals surface area contributed by atoms with Crippen molar-refractivity contribution in [3.8, 4) is 0 Å². The number of fused-ring (bicyclic) bond motifs is 1. The molecule has 0 amide bonds. The minimum atomic E-state index is -1.12. The van der Waals surface area contributed by atoms with Crippen LogP contribution in [-0.2, 0) is 0 Å². The number of ketones is 1. The first-order valence-corrected chi connectivity index (χ1v) is 4.60. The van der Waals surface area contributed by atoms with Gasteiger partial charge < -0.3 is 5.11 Å². The van der Waals surface area contributed by atoms with E-state index in [1.807, 2.05) is 0 Å². The van der Waals surface area contributed by atoms with Crippen molar-refractivity contribution in [2.45, 2.75) is 13.8 Å². The number of hydrogen-bond donors (Lipinski definition) is 1. The van der Waals surface area contributed by atoms with E-state index in [1.54, 1.807) is 6.92 Å². The fourth-order valence-corrected chi connectivity index (χ4v) is 1.50. The topological polar surface area (TPSA) is 84.6 Å². The van der Waals surface area contributed by atoms with Crippen LogP contribution in [0.15, 0.2) is 12.3 Å². The normalized spacial score (nSPS) is 10.6. The number of carbonyl (C=O) groups is 2. The Morgan fingerprint density at radius 3 is 2.69 bits per heavy atom. The maximum absolute atomic E-state index is 11.3. The largest absolute Gasteiger partial charge is 0.476 e. The Hall–Kier alpha value is -2.24. The molecule has 1 N–H and O–H groups in total. The maximum atomic E-state index is 11.3. The third kappa shape index (κ3) is 1.44. The highest BCUT2D eigenvalue weighted by Crippen LogP contribution is 2.11. The molecule has 0 spiro atoms. The third-order valence-corrected chi connectivity index (χ3v) is 2.32. The second-order valence-corrected chi connectivity index (χ2v) is 3.42. The van der Waals surface area contributed by atoms with Gasteiger partial charge in [-0.1, -0.05) is 0 Å². The Kier molecular flexibility index (Phi) is 2.19. The summed E-state index contributed by atoms with van der Waals surface area (Å²) in [7, 11) is 0. The van der Waals surface area contributed by atoms with Gasteiger partial charge in [-0.3, -0.25) is 4.79 Å². The van der Waals surface area contributed by atoms with E-state index in [1.165, 1.54) is 23.7 Å². The minimum absolute atomic E-state index is 0.0868. The zero-order valence-corrected chi connectivity index (χ0v) is 8.76. The lowest BCUT2D eigenvalue weighted by Crippen LogP contribution is -2.05. The van der Waals surface area contributed by atoms with E-state index in [2.05, 4.69) is 10.1 Å². The summed E-state index contributed by atoms with van der Waals surface area (Å²) < 4.78 is 1.36. The van der Waals surface area contributed by atoms with E-state index in [9.17, 15) is 9.59 Å². The smallest absolute Gasteiger partial charge is 0.356 e. The summed E-state index contributed by atoms with van der Waals surface area (Å²) in [5.41, 5.74) is 1.36. The number of hydrogen-bond acceptors (Lipinski definition) is 4. The molecule has 0 aliphatic heterocycles. The summed E-state index contributed by atoms with van der Waals surface area (Å²) in [5.74, 6) is -1.24. The summed E-state index contributed by atoms with van der Waals surface area (Å²) in [6, 6.07) is 1.36. The first-order chi connectivity index (χ1) is 7.50.